The summed E-state index contributed by atoms with van der Waals surface area (Å²) < 4.78 is 10.2. The van der Waals surface area contributed by atoms with E-state index in [9.17, 15) is 0 Å². The Morgan fingerprint density at radius 1 is 1.47 bits per heavy atom. The molecule has 1 fully saturated rings. The topological polar surface area (TPSA) is 42.9 Å². The van der Waals surface area contributed by atoms with Crippen LogP contribution in [-0.2, 0) is 9.47 Å². The van der Waals surface area contributed by atoms with Crippen molar-refractivity contribution in [2.24, 2.45) is 4.99 Å². The Labute approximate surface area is 95.8 Å². The van der Waals surface area contributed by atoms with Crippen molar-refractivity contribution < 1.29 is 9.47 Å². The molecule has 1 N–H and O–H groups in total. The highest BCUT2D eigenvalue weighted by Gasteiger charge is 2.12. The van der Waals surface area contributed by atoms with E-state index in [0.29, 0.717) is 25.9 Å². The van der Waals surface area contributed by atoms with Crippen LogP contribution in [0.5, 0.6) is 0 Å². The molecule has 0 saturated carbocycles. The van der Waals surface area contributed by atoms with Gasteiger partial charge in [-0.25, -0.2) is 0 Å². The van der Waals surface area contributed by atoms with E-state index in [1.54, 1.807) is 18.9 Å². The minimum Gasteiger partial charge on any atom is -0.382 e. The molecule has 1 rings (SSSR count). The molecule has 4 nitrogen and oxygen atoms in total. The number of methoxy groups -OCH3 is 1. The van der Waals surface area contributed by atoms with Gasteiger partial charge in [-0.1, -0.05) is 11.8 Å². The van der Waals surface area contributed by atoms with Crippen LogP contribution in [-0.4, -0.2) is 50.4 Å². The maximum atomic E-state index is 5.32. The monoisotopic (exact) mass is 232 g/mol. The third kappa shape index (κ3) is 6.02. The summed E-state index contributed by atoms with van der Waals surface area (Å²) in [6.45, 7) is 4.89. The van der Waals surface area contributed by atoms with E-state index in [1.165, 1.54) is 6.42 Å². The Morgan fingerprint density at radius 3 is 3.07 bits per heavy atom. The first-order valence-corrected chi connectivity index (χ1v) is 6.32. The summed E-state index contributed by atoms with van der Waals surface area (Å²) >= 11 is 1.79. The Morgan fingerprint density at radius 2 is 2.33 bits per heavy atom. The van der Waals surface area contributed by atoms with Gasteiger partial charge in [0.25, 0.3) is 0 Å². The van der Waals surface area contributed by atoms with Crippen LogP contribution in [0.3, 0.4) is 0 Å². The van der Waals surface area contributed by atoms with Crippen molar-refractivity contribution in [3.05, 3.63) is 0 Å². The fourth-order valence-corrected chi connectivity index (χ4v) is 2.34. The lowest BCUT2D eigenvalue weighted by molar-refractivity contribution is 0.0748. The molecular formula is C10H20N2O2S. The molecule has 0 aromatic heterocycles. The SMILES string of the molecule is COCCOCCN=C1NC(C)CCS1. The number of rotatable bonds is 6. The number of nitrogens with zero attached hydrogens (tertiary/aromatic N) is 1. The summed E-state index contributed by atoms with van der Waals surface area (Å²) in [5.41, 5.74) is 0. The second kappa shape index (κ2) is 7.96. The second-order valence-corrected chi connectivity index (χ2v) is 4.56. The highest BCUT2D eigenvalue weighted by atomic mass is 32.2. The van der Waals surface area contributed by atoms with Crippen molar-refractivity contribution in [3.63, 3.8) is 0 Å². The molecule has 88 valence electrons. The van der Waals surface area contributed by atoms with Crippen LogP contribution in [0, 0.1) is 0 Å². The van der Waals surface area contributed by atoms with Crippen LogP contribution in [0.15, 0.2) is 4.99 Å². The van der Waals surface area contributed by atoms with Crippen molar-refractivity contribution >= 4 is 16.9 Å². The Balaban J connectivity index is 2.04. The Hall–Kier alpha value is -0.260. The van der Waals surface area contributed by atoms with Gasteiger partial charge in [-0.3, -0.25) is 4.99 Å². The van der Waals surface area contributed by atoms with E-state index in [0.717, 1.165) is 17.5 Å². The first-order chi connectivity index (χ1) is 7.33. The Bertz CT molecular complexity index is 200. The molecule has 1 unspecified atom stereocenters. The fraction of sp³-hybridized carbons (Fsp3) is 0.900. The van der Waals surface area contributed by atoms with Gasteiger partial charge in [0.1, 0.15) is 0 Å². The summed E-state index contributed by atoms with van der Waals surface area (Å²) in [6, 6.07) is 0.555. The van der Waals surface area contributed by atoms with Crippen molar-refractivity contribution in [3.8, 4) is 0 Å². The van der Waals surface area contributed by atoms with Crippen molar-refractivity contribution in [1.29, 1.82) is 0 Å². The highest BCUT2D eigenvalue weighted by Crippen LogP contribution is 2.12. The summed E-state index contributed by atoms with van der Waals surface area (Å²) in [6.07, 6.45) is 1.22. The molecule has 1 aliphatic rings. The Kier molecular flexibility index (Phi) is 6.80. The number of thioether (sulfide) groups is 1. The van der Waals surface area contributed by atoms with Crippen LogP contribution in [0.1, 0.15) is 13.3 Å². The van der Waals surface area contributed by atoms with E-state index in [4.69, 9.17) is 9.47 Å². The summed E-state index contributed by atoms with van der Waals surface area (Å²) in [4.78, 5) is 4.43. The summed E-state index contributed by atoms with van der Waals surface area (Å²) in [7, 11) is 1.67. The number of nitrogens with one attached hydrogen (secondary N) is 1. The first kappa shape index (κ1) is 12.8. The second-order valence-electron chi connectivity index (χ2n) is 3.47. The largest absolute Gasteiger partial charge is 0.382 e. The minimum atomic E-state index is 0.555. The lowest BCUT2D eigenvalue weighted by Crippen LogP contribution is -2.35. The third-order valence-electron chi connectivity index (χ3n) is 2.08. The van der Waals surface area contributed by atoms with Gasteiger partial charge in [0.15, 0.2) is 5.17 Å². The number of hydrogen-bond donors (Lipinski definition) is 1. The normalized spacial score (nSPS) is 24.1. The number of amidine groups is 1. The lowest BCUT2D eigenvalue weighted by atomic mass is 10.3. The fourth-order valence-electron chi connectivity index (χ4n) is 1.20. The molecule has 0 amide bonds. The van der Waals surface area contributed by atoms with E-state index < -0.39 is 0 Å². The van der Waals surface area contributed by atoms with E-state index in [2.05, 4.69) is 17.2 Å². The standard InChI is InChI=1S/C10H20N2O2S/c1-9-3-8-15-10(12-9)11-4-5-14-7-6-13-2/h9H,3-8H2,1-2H3,(H,11,12). The smallest absolute Gasteiger partial charge is 0.156 e. The zero-order valence-electron chi connectivity index (χ0n) is 9.49. The molecular weight excluding hydrogens is 212 g/mol. The van der Waals surface area contributed by atoms with Crippen LogP contribution in [0.2, 0.25) is 0 Å². The first-order valence-electron chi connectivity index (χ1n) is 5.33. The van der Waals surface area contributed by atoms with Gasteiger partial charge >= 0.3 is 0 Å². The molecule has 0 spiro atoms. The van der Waals surface area contributed by atoms with Gasteiger partial charge in [0.05, 0.1) is 26.4 Å². The molecule has 1 aliphatic heterocycles. The van der Waals surface area contributed by atoms with Gasteiger partial charge in [-0.2, -0.15) is 0 Å². The zero-order chi connectivity index (χ0) is 10.9. The summed E-state index contributed by atoms with van der Waals surface area (Å²) in [5, 5.41) is 4.41. The van der Waals surface area contributed by atoms with Crippen molar-refractivity contribution in [1.82, 2.24) is 5.32 Å². The molecule has 1 saturated heterocycles. The van der Waals surface area contributed by atoms with Crippen LogP contribution in [0.25, 0.3) is 0 Å². The molecule has 1 heterocycles. The van der Waals surface area contributed by atoms with Gasteiger partial charge in [0, 0.05) is 18.9 Å². The predicted octanol–water partition coefficient (Wildman–Crippen LogP) is 1.12. The van der Waals surface area contributed by atoms with Gasteiger partial charge in [0.2, 0.25) is 0 Å². The number of aliphatic imine (C=N–C) groups is 1. The summed E-state index contributed by atoms with van der Waals surface area (Å²) in [5.74, 6) is 1.16. The predicted molar refractivity (Wildman–Crippen MR) is 64.7 cm³/mol. The average molecular weight is 232 g/mol. The maximum absolute atomic E-state index is 5.32. The van der Waals surface area contributed by atoms with Gasteiger partial charge < -0.3 is 14.8 Å². The third-order valence-corrected chi connectivity index (χ3v) is 3.04. The molecule has 15 heavy (non-hydrogen) atoms. The van der Waals surface area contributed by atoms with Gasteiger partial charge in [-0.05, 0) is 13.3 Å². The maximum Gasteiger partial charge on any atom is 0.156 e. The number of hydrogen-bond acceptors (Lipinski definition) is 4. The molecule has 0 aliphatic carbocycles. The minimum absolute atomic E-state index is 0.555. The molecule has 0 aromatic rings. The highest BCUT2D eigenvalue weighted by molar-refractivity contribution is 8.13. The van der Waals surface area contributed by atoms with E-state index >= 15 is 0 Å². The van der Waals surface area contributed by atoms with Crippen molar-refractivity contribution in [2.75, 3.05) is 39.2 Å². The average Bonchev–Trinajstić information content (AvgIpc) is 2.23. The van der Waals surface area contributed by atoms with Crippen LogP contribution < -0.4 is 5.32 Å². The molecule has 0 bridgehead atoms. The van der Waals surface area contributed by atoms with Crippen LogP contribution >= 0.6 is 11.8 Å². The quantitative estimate of drug-likeness (QED) is 0.697. The molecule has 5 heteroatoms. The van der Waals surface area contributed by atoms with Crippen molar-refractivity contribution in [2.45, 2.75) is 19.4 Å². The zero-order valence-corrected chi connectivity index (χ0v) is 10.3. The lowest BCUT2D eigenvalue weighted by Gasteiger charge is -2.21. The number of ether oxygens (including phenoxy) is 2. The van der Waals surface area contributed by atoms with E-state index in [1.807, 2.05) is 0 Å². The van der Waals surface area contributed by atoms with Crippen LogP contribution in [0.4, 0.5) is 0 Å². The molecule has 0 radical (unpaired) electrons. The molecule has 0 aromatic carbocycles. The van der Waals surface area contributed by atoms with E-state index in [-0.39, 0.29) is 0 Å². The molecule has 1 atom stereocenters. The van der Waals surface area contributed by atoms with Gasteiger partial charge in [-0.15, -0.1) is 0 Å².